The normalized spacial score (nSPS) is 16.9. The molecule has 372 valence electrons. The number of carbonyl (C=O) groups excluding carboxylic acids is 3. The van der Waals surface area contributed by atoms with Crippen molar-refractivity contribution in [2.45, 2.75) is 44.7 Å². The summed E-state index contributed by atoms with van der Waals surface area (Å²) in [5.41, 5.74) is 7.88. The van der Waals surface area contributed by atoms with Crippen LogP contribution in [0.15, 0.2) is 205 Å². The predicted molar refractivity (Wildman–Crippen MR) is 290 cm³/mol. The minimum Gasteiger partial charge on any atom is -0.348 e. The third-order valence-corrected chi connectivity index (χ3v) is 15.6. The first-order valence-electron chi connectivity index (χ1n) is 24.6. The van der Waals surface area contributed by atoms with Crippen molar-refractivity contribution in [3.05, 3.63) is 272 Å². The second-order valence-corrected chi connectivity index (χ2v) is 20.1. The molecule has 0 spiro atoms. The lowest BCUT2D eigenvalue weighted by molar-refractivity contribution is -0.129. The molecule has 0 radical (unpaired) electrons. The number of fused-ring (bicyclic) bond motifs is 3. The van der Waals surface area contributed by atoms with E-state index >= 15 is 0 Å². The average Bonchev–Trinajstić information content (AvgIpc) is 4.32. The van der Waals surface area contributed by atoms with Gasteiger partial charge >= 0.3 is 0 Å². The van der Waals surface area contributed by atoms with Crippen molar-refractivity contribution in [2.24, 2.45) is 0 Å². The van der Waals surface area contributed by atoms with Gasteiger partial charge in [-0.3, -0.25) is 14.4 Å². The van der Waals surface area contributed by atoms with Crippen molar-refractivity contribution in [3.8, 4) is 0 Å². The number of carbonyl (C=O) groups is 3. The highest BCUT2D eigenvalue weighted by atomic mass is 32.1. The molecule has 3 aliphatic heterocycles. The van der Waals surface area contributed by atoms with E-state index in [0.29, 0.717) is 13.1 Å². The van der Waals surface area contributed by atoms with Crippen LogP contribution in [0.3, 0.4) is 0 Å². The van der Waals surface area contributed by atoms with Crippen LogP contribution in [0.5, 0.6) is 0 Å². The predicted octanol–water partition coefficient (Wildman–Crippen LogP) is 12.7. The summed E-state index contributed by atoms with van der Waals surface area (Å²) in [5, 5.41) is 4.06. The number of thiophene rings is 2. The van der Waals surface area contributed by atoms with Crippen LogP contribution in [0.1, 0.15) is 77.6 Å². The Labute approximate surface area is 437 Å². The molecule has 3 amide bonds. The maximum Gasteiger partial charge on any atom is 0.265 e. The number of aromatic nitrogens is 3. The number of hydrogen-bond acceptors (Lipinski definition) is 5. The molecule has 9 aromatic rings. The molecule has 0 saturated heterocycles. The molecular formula is C61H54F2N6O3S2. The molecule has 0 N–H and O–H groups in total. The van der Waals surface area contributed by atoms with Gasteiger partial charge in [0.05, 0.1) is 17.0 Å². The number of rotatable bonds is 8. The van der Waals surface area contributed by atoms with Crippen LogP contribution >= 0.6 is 22.7 Å². The zero-order valence-electron chi connectivity index (χ0n) is 40.7. The van der Waals surface area contributed by atoms with E-state index in [1.54, 1.807) is 22.3 Å². The zero-order chi connectivity index (χ0) is 51.0. The number of nitrogens with zero attached hydrogens (tertiary/aromatic N) is 6. The number of aryl methyl sites for hydroxylation is 1. The van der Waals surface area contributed by atoms with Gasteiger partial charge in [-0.1, -0.05) is 97.1 Å². The van der Waals surface area contributed by atoms with Crippen LogP contribution in [-0.4, -0.2) is 65.8 Å². The van der Waals surface area contributed by atoms with Gasteiger partial charge in [0.25, 0.3) is 5.91 Å². The fourth-order valence-electron chi connectivity index (χ4n) is 10.0. The van der Waals surface area contributed by atoms with Crippen LogP contribution in [0.2, 0.25) is 0 Å². The highest BCUT2D eigenvalue weighted by molar-refractivity contribution is 7.12. The van der Waals surface area contributed by atoms with Gasteiger partial charge in [0, 0.05) is 104 Å². The highest BCUT2D eigenvalue weighted by Crippen LogP contribution is 2.37. The molecule has 8 heterocycles. The summed E-state index contributed by atoms with van der Waals surface area (Å²) >= 11 is 3.23. The second-order valence-electron chi connectivity index (χ2n) is 18.2. The van der Waals surface area contributed by atoms with Gasteiger partial charge in [-0.05, 0) is 113 Å². The number of amides is 3. The zero-order valence-corrected chi connectivity index (χ0v) is 42.4. The third kappa shape index (κ3) is 10.8. The third-order valence-electron chi connectivity index (χ3n) is 13.6. The molecule has 4 aromatic carbocycles. The quantitative estimate of drug-likeness (QED) is 0.142. The Bertz CT molecular complexity index is 3400. The second kappa shape index (κ2) is 22.7. The Morgan fingerprint density at radius 2 is 1.01 bits per heavy atom. The van der Waals surface area contributed by atoms with E-state index in [1.165, 1.54) is 51.9 Å². The Morgan fingerprint density at radius 3 is 1.54 bits per heavy atom. The molecule has 5 aromatic heterocycles. The molecule has 9 nitrogen and oxygen atoms in total. The maximum absolute atomic E-state index is 13.8. The van der Waals surface area contributed by atoms with Gasteiger partial charge in [-0.15, -0.1) is 22.7 Å². The lowest BCUT2D eigenvalue weighted by Crippen LogP contribution is -2.42. The average molecular weight is 1020 g/mol. The Morgan fingerprint density at radius 1 is 0.500 bits per heavy atom. The van der Waals surface area contributed by atoms with E-state index in [1.807, 2.05) is 138 Å². The molecule has 74 heavy (non-hydrogen) atoms. The van der Waals surface area contributed by atoms with Crippen LogP contribution in [0, 0.1) is 18.6 Å². The van der Waals surface area contributed by atoms with Gasteiger partial charge < -0.3 is 28.4 Å². The van der Waals surface area contributed by atoms with Gasteiger partial charge in [0.15, 0.2) is 0 Å². The van der Waals surface area contributed by atoms with Crippen molar-refractivity contribution >= 4 is 52.5 Å². The molecule has 3 atom stereocenters. The van der Waals surface area contributed by atoms with Crippen LogP contribution in [-0.2, 0) is 29.2 Å². The largest absolute Gasteiger partial charge is 0.348 e. The Hall–Kier alpha value is -8.13. The van der Waals surface area contributed by atoms with Gasteiger partial charge in [0.2, 0.25) is 11.8 Å². The number of halogens is 2. The van der Waals surface area contributed by atoms with Gasteiger partial charge in [0.1, 0.15) is 17.7 Å². The smallest absolute Gasteiger partial charge is 0.265 e. The first kappa shape index (κ1) is 49.4. The fourth-order valence-corrected chi connectivity index (χ4v) is 11.7. The van der Waals surface area contributed by atoms with E-state index < -0.39 is 11.6 Å². The van der Waals surface area contributed by atoms with Crippen molar-refractivity contribution in [1.82, 2.24) is 28.4 Å². The van der Waals surface area contributed by atoms with Crippen LogP contribution in [0.4, 0.5) is 8.78 Å². The minimum atomic E-state index is -0.689. The first-order valence-corrected chi connectivity index (χ1v) is 26.4. The summed E-state index contributed by atoms with van der Waals surface area (Å²) < 4.78 is 33.5. The SMILES string of the molecule is Cc1ccsc1C(=O)N1CCn2cccc2C1c1ccccc1.O=C(C=Cc1ccc(F)cc1F)N1CCn2cccc2C1c1ccccc1.O=C(C=Cc1ccccc1)N1CCn2cccc2C1c1cccs1. The Balaban J connectivity index is 0.000000127. The van der Waals surface area contributed by atoms with Crippen molar-refractivity contribution in [1.29, 1.82) is 0 Å². The van der Waals surface area contributed by atoms with Gasteiger partial charge in [-0.25, -0.2) is 8.78 Å². The lowest BCUT2D eigenvalue weighted by Gasteiger charge is -2.37. The molecule has 3 aliphatic rings. The summed E-state index contributed by atoms with van der Waals surface area (Å²) in [6.45, 7) is 6.41. The van der Waals surface area contributed by atoms with E-state index in [2.05, 4.69) is 73.9 Å². The van der Waals surface area contributed by atoms with Crippen molar-refractivity contribution in [3.63, 3.8) is 0 Å². The molecule has 0 bridgehead atoms. The summed E-state index contributed by atoms with van der Waals surface area (Å²) in [4.78, 5) is 46.7. The fraction of sp³-hybridized carbons (Fsp3) is 0.164. The highest BCUT2D eigenvalue weighted by Gasteiger charge is 2.35. The number of hydrogen-bond donors (Lipinski definition) is 0. The van der Waals surface area contributed by atoms with Crippen LogP contribution < -0.4 is 0 Å². The summed E-state index contributed by atoms with van der Waals surface area (Å²) in [6, 6.07) is 51.7. The van der Waals surface area contributed by atoms with E-state index in [4.69, 9.17) is 0 Å². The Kier molecular flexibility index (Phi) is 15.2. The summed E-state index contributed by atoms with van der Waals surface area (Å²) in [7, 11) is 0. The van der Waals surface area contributed by atoms with E-state index in [9.17, 15) is 23.2 Å². The summed E-state index contributed by atoms with van der Waals surface area (Å²) in [6.07, 6.45) is 12.5. The minimum absolute atomic E-state index is 0.00155. The molecule has 0 fully saturated rings. The standard InChI is InChI=1S/C22H18F2N2O.C20H18N2OS.C19H18N2OS/c23-18-10-8-16(19(24)15-18)9-11-21(27)26-14-13-25-12-4-7-20(25)22(26)17-5-2-1-3-6-17;23-19(11-10-16-6-2-1-3-7-16)22-14-13-21-12-4-8-17(21)20(22)18-9-5-15-24-18;1-14-9-13-23-18(14)19(22)21-12-11-20-10-5-8-16(20)17(21)15-6-3-2-4-7-15/h1-12,15,22H,13-14H2;1-12,15,20H,13-14H2;2-10,13,17H,11-12H2,1H3. The molecule has 0 aliphatic carbocycles. The van der Waals surface area contributed by atoms with Crippen LogP contribution in [0.25, 0.3) is 12.2 Å². The summed E-state index contributed by atoms with van der Waals surface area (Å²) in [5.74, 6) is -1.34. The number of benzene rings is 4. The molecule has 13 heteroatoms. The molecule has 12 rings (SSSR count). The monoisotopic (exact) mass is 1020 g/mol. The van der Waals surface area contributed by atoms with E-state index in [0.717, 1.165) is 65.1 Å². The molecular weight excluding hydrogens is 967 g/mol. The van der Waals surface area contributed by atoms with Crippen molar-refractivity contribution < 1.29 is 23.2 Å². The first-order chi connectivity index (χ1) is 36.2. The molecule has 0 saturated carbocycles. The maximum atomic E-state index is 13.8. The van der Waals surface area contributed by atoms with E-state index in [-0.39, 0.29) is 41.4 Å². The van der Waals surface area contributed by atoms with Crippen molar-refractivity contribution in [2.75, 3.05) is 19.6 Å². The van der Waals surface area contributed by atoms with Gasteiger partial charge in [-0.2, -0.15) is 0 Å². The molecule has 3 unspecified atom stereocenters. The lowest BCUT2D eigenvalue weighted by atomic mass is 9.99. The topological polar surface area (TPSA) is 75.7 Å².